The number of nitrogens with zero attached hydrogens (tertiary/aromatic N) is 3. The number of methoxy groups -OCH3 is 1. The van der Waals surface area contributed by atoms with Gasteiger partial charge in [-0.3, -0.25) is 4.98 Å². The number of nitrogens with one attached hydrogen (secondary N) is 1. The summed E-state index contributed by atoms with van der Waals surface area (Å²) in [6.07, 6.45) is 1.80. The topological polar surface area (TPSA) is 59.4 Å². The molecule has 1 aliphatic rings. The predicted octanol–water partition coefficient (Wildman–Crippen LogP) is 3.88. The van der Waals surface area contributed by atoms with Gasteiger partial charge in [-0.1, -0.05) is 12.1 Å². The number of pyridine rings is 1. The van der Waals surface area contributed by atoms with Crippen molar-refractivity contribution >= 4 is 23.3 Å². The molecule has 4 rings (SSSR count). The molecule has 0 saturated carbocycles. The van der Waals surface area contributed by atoms with E-state index >= 15 is 0 Å². The van der Waals surface area contributed by atoms with Crippen molar-refractivity contribution in [3.63, 3.8) is 0 Å². The summed E-state index contributed by atoms with van der Waals surface area (Å²) in [7, 11) is 3.40. The second-order valence-electron chi connectivity index (χ2n) is 7.44. The van der Waals surface area contributed by atoms with E-state index in [1.54, 1.807) is 12.3 Å². The van der Waals surface area contributed by atoms with E-state index in [1.807, 2.05) is 43.4 Å². The molecule has 0 aliphatic carbocycles. The van der Waals surface area contributed by atoms with Gasteiger partial charge in [-0.25, -0.2) is 4.79 Å². The van der Waals surface area contributed by atoms with Crippen LogP contribution in [0, 0.1) is 13.8 Å². The van der Waals surface area contributed by atoms with Crippen LogP contribution in [0.2, 0.25) is 0 Å². The lowest BCUT2D eigenvalue weighted by Crippen LogP contribution is -2.25. The standard InChI is InChI=1S/C23H24N4O2S/c1-14-12-18(15(2)27(14)17-9-7-8-16(13-17)22(28)29-4)21-20(25-23(30)26(21)3)19-10-5-6-11-24-19/h5-13,20-21H,1-4H3,(H,25,30)/t20-,21+/m0/s1. The number of rotatable bonds is 4. The highest BCUT2D eigenvalue weighted by Gasteiger charge is 2.39. The van der Waals surface area contributed by atoms with E-state index in [0.717, 1.165) is 22.8 Å². The van der Waals surface area contributed by atoms with Crippen molar-refractivity contribution in [2.24, 2.45) is 0 Å². The fourth-order valence-corrected chi connectivity index (χ4v) is 4.46. The Kier molecular flexibility index (Phi) is 5.30. The Bertz CT molecular complexity index is 1110. The van der Waals surface area contributed by atoms with Gasteiger partial charge in [0.1, 0.15) is 0 Å². The fourth-order valence-electron chi connectivity index (χ4n) is 4.22. The van der Waals surface area contributed by atoms with Crippen LogP contribution >= 0.6 is 12.2 Å². The number of aromatic nitrogens is 2. The Morgan fingerprint density at radius 1 is 1.17 bits per heavy atom. The lowest BCUT2D eigenvalue weighted by molar-refractivity contribution is 0.0600. The summed E-state index contributed by atoms with van der Waals surface area (Å²) in [5.41, 5.74) is 5.74. The normalized spacial score (nSPS) is 18.4. The van der Waals surface area contributed by atoms with Crippen molar-refractivity contribution in [2.45, 2.75) is 25.9 Å². The largest absolute Gasteiger partial charge is 0.465 e. The first-order chi connectivity index (χ1) is 14.4. The number of ether oxygens (including phenoxy) is 1. The van der Waals surface area contributed by atoms with Crippen LogP contribution in [0.5, 0.6) is 0 Å². The molecular formula is C23H24N4O2S. The van der Waals surface area contributed by atoms with Crippen LogP contribution in [0.25, 0.3) is 5.69 Å². The lowest BCUT2D eigenvalue weighted by atomic mass is 9.97. The maximum atomic E-state index is 12.0. The second kappa shape index (κ2) is 7.91. The van der Waals surface area contributed by atoms with Gasteiger partial charge >= 0.3 is 5.97 Å². The maximum Gasteiger partial charge on any atom is 0.337 e. The molecule has 154 valence electrons. The average Bonchev–Trinajstić information content (AvgIpc) is 3.22. The van der Waals surface area contributed by atoms with E-state index in [-0.39, 0.29) is 18.1 Å². The molecule has 0 amide bonds. The predicted molar refractivity (Wildman–Crippen MR) is 120 cm³/mol. The second-order valence-corrected chi connectivity index (χ2v) is 7.83. The van der Waals surface area contributed by atoms with Gasteiger partial charge in [0.15, 0.2) is 5.11 Å². The van der Waals surface area contributed by atoms with Crippen LogP contribution in [-0.2, 0) is 4.74 Å². The smallest absolute Gasteiger partial charge is 0.337 e. The molecule has 0 bridgehead atoms. The van der Waals surface area contributed by atoms with Crippen LogP contribution in [0.15, 0.2) is 54.7 Å². The summed E-state index contributed by atoms with van der Waals surface area (Å²) in [5.74, 6) is -0.347. The van der Waals surface area contributed by atoms with Gasteiger partial charge in [0, 0.05) is 30.3 Å². The number of carbonyl (C=O) groups excluding carboxylic acids is 1. The summed E-state index contributed by atoms with van der Waals surface area (Å²) in [6, 6.07) is 15.6. The number of thiocarbonyl (C=S) groups is 1. The summed E-state index contributed by atoms with van der Waals surface area (Å²) in [5, 5.41) is 4.12. The number of benzene rings is 1. The van der Waals surface area contributed by atoms with Crippen LogP contribution < -0.4 is 5.32 Å². The van der Waals surface area contributed by atoms with Gasteiger partial charge in [0.25, 0.3) is 0 Å². The van der Waals surface area contributed by atoms with Crippen molar-refractivity contribution in [1.29, 1.82) is 0 Å². The van der Waals surface area contributed by atoms with Gasteiger partial charge < -0.3 is 19.5 Å². The summed E-state index contributed by atoms with van der Waals surface area (Å²) in [6.45, 7) is 4.16. The zero-order chi connectivity index (χ0) is 21.4. The van der Waals surface area contributed by atoms with Crippen LogP contribution in [0.3, 0.4) is 0 Å². The molecule has 1 N–H and O–H groups in total. The van der Waals surface area contributed by atoms with Gasteiger partial charge in [-0.2, -0.15) is 0 Å². The number of carbonyl (C=O) groups is 1. The van der Waals surface area contributed by atoms with Crippen molar-refractivity contribution in [2.75, 3.05) is 14.2 Å². The lowest BCUT2D eigenvalue weighted by Gasteiger charge is -2.24. The van der Waals surface area contributed by atoms with Crippen LogP contribution in [-0.4, -0.2) is 39.7 Å². The average molecular weight is 421 g/mol. The quantitative estimate of drug-likeness (QED) is 0.511. The minimum Gasteiger partial charge on any atom is -0.465 e. The molecule has 2 atom stereocenters. The Labute approximate surface area is 181 Å². The van der Waals surface area contributed by atoms with Crippen molar-refractivity contribution < 1.29 is 9.53 Å². The molecular weight excluding hydrogens is 396 g/mol. The Morgan fingerprint density at radius 3 is 2.67 bits per heavy atom. The first-order valence-electron chi connectivity index (χ1n) is 9.74. The van der Waals surface area contributed by atoms with Gasteiger partial charge in [0.05, 0.1) is 30.5 Å². The number of likely N-dealkylation sites (N-methyl/N-ethyl adjacent to an activating group) is 1. The van der Waals surface area contributed by atoms with Crippen LogP contribution in [0.4, 0.5) is 0 Å². The molecule has 3 aromatic rings. The minimum absolute atomic E-state index is 0.0103. The SMILES string of the molecule is COC(=O)c1cccc(-n2c(C)cc([C@@H]3[C@H](c4ccccn4)NC(=S)N3C)c2C)c1. The summed E-state index contributed by atoms with van der Waals surface area (Å²) >= 11 is 5.56. The highest BCUT2D eigenvalue weighted by molar-refractivity contribution is 7.80. The number of hydrogen-bond acceptors (Lipinski definition) is 4. The van der Waals surface area contributed by atoms with E-state index in [1.165, 1.54) is 12.7 Å². The van der Waals surface area contributed by atoms with Crippen molar-refractivity contribution in [3.8, 4) is 5.69 Å². The molecule has 0 radical (unpaired) electrons. The van der Waals surface area contributed by atoms with Gasteiger partial charge in [-0.05, 0) is 68.0 Å². The summed E-state index contributed by atoms with van der Waals surface area (Å²) in [4.78, 5) is 18.6. The van der Waals surface area contributed by atoms with Crippen molar-refractivity contribution in [3.05, 3.63) is 82.9 Å². The van der Waals surface area contributed by atoms with Gasteiger partial charge in [-0.15, -0.1) is 0 Å². The minimum atomic E-state index is -0.347. The maximum absolute atomic E-state index is 12.0. The summed E-state index contributed by atoms with van der Waals surface area (Å²) < 4.78 is 7.04. The Morgan fingerprint density at radius 2 is 1.97 bits per heavy atom. The highest BCUT2D eigenvalue weighted by atomic mass is 32.1. The monoisotopic (exact) mass is 420 g/mol. The van der Waals surface area contributed by atoms with E-state index in [2.05, 4.69) is 39.7 Å². The third kappa shape index (κ3) is 3.35. The molecule has 1 aromatic carbocycles. The molecule has 1 saturated heterocycles. The Hall–Kier alpha value is -3.19. The highest BCUT2D eigenvalue weighted by Crippen LogP contribution is 2.40. The number of hydrogen-bond donors (Lipinski definition) is 1. The molecule has 0 spiro atoms. The van der Waals surface area contributed by atoms with E-state index < -0.39 is 0 Å². The number of aryl methyl sites for hydroxylation is 1. The molecule has 1 aliphatic heterocycles. The molecule has 7 heteroatoms. The molecule has 1 fully saturated rings. The third-order valence-electron chi connectivity index (χ3n) is 5.65. The van der Waals surface area contributed by atoms with E-state index in [9.17, 15) is 4.79 Å². The Balaban J connectivity index is 1.80. The van der Waals surface area contributed by atoms with Gasteiger partial charge in [0.2, 0.25) is 0 Å². The molecule has 6 nitrogen and oxygen atoms in total. The van der Waals surface area contributed by atoms with Crippen molar-refractivity contribution in [1.82, 2.24) is 19.8 Å². The first-order valence-corrected chi connectivity index (χ1v) is 10.1. The molecule has 2 aromatic heterocycles. The fraction of sp³-hybridized carbons (Fsp3) is 0.261. The zero-order valence-corrected chi connectivity index (χ0v) is 18.2. The molecule has 3 heterocycles. The molecule has 0 unspecified atom stereocenters. The van der Waals surface area contributed by atoms with Crippen LogP contribution in [0.1, 0.15) is 45.1 Å². The van der Waals surface area contributed by atoms with E-state index in [4.69, 9.17) is 17.0 Å². The molecule has 30 heavy (non-hydrogen) atoms. The third-order valence-corrected chi connectivity index (χ3v) is 6.06. The number of esters is 1. The first kappa shape index (κ1) is 20.1. The zero-order valence-electron chi connectivity index (χ0n) is 17.4. The van der Waals surface area contributed by atoms with E-state index in [0.29, 0.717) is 10.7 Å².